The fourth-order valence-electron chi connectivity index (χ4n) is 3.86. The number of rotatable bonds is 4. The maximum Gasteiger partial charge on any atom is 0.252 e. The van der Waals surface area contributed by atoms with E-state index in [4.69, 9.17) is 0 Å². The Morgan fingerprint density at radius 1 is 1.24 bits per heavy atom. The summed E-state index contributed by atoms with van der Waals surface area (Å²) in [6.07, 6.45) is 10.8. The molecular weight excluding hydrogens is 314 g/mol. The summed E-state index contributed by atoms with van der Waals surface area (Å²) >= 11 is 0. The van der Waals surface area contributed by atoms with E-state index in [2.05, 4.69) is 11.4 Å². The van der Waals surface area contributed by atoms with Crippen molar-refractivity contribution < 1.29 is 9.59 Å². The zero-order valence-electron chi connectivity index (χ0n) is 14.3. The molecule has 0 radical (unpaired) electrons. The number of hydrogen-bond donors (Lipinski definition) is 1. The van der Waals surface area contributed by atoms with Crippen molar-refractivity contribution in [2.45, 2.75) is 38.1 Å². The molecule has 2 amide bonds. The predicted octanol–water partition coefficient (Wildman–Crippen LogP) is 2.77. The topological polar surface area (TPSA) is 53.8 Å². The van der Waals surface area contributed by atoms with Gasteiger partial charge in [0.05, 0.1) is 5.56 Å². The Kier molecular flexibility index (Phi) is 4.30. The largest absolute Gasteiger partial charge is 0.350 e. The Labute approximate surface area is 147 Å². The van der Waals surface area contributed by atoms with E-state index in [-0.39, 0.29) is 17.9 Å². The summed E-state index contributed by atoms with van der Waals surface area (Å²) in [4.78, 5) is 27.0. The summed E-state index contributed by atoms with van der Waals surface area (Å²) in [5, 5.41) is 3.01. The van der Waals surface area contributed by atoms with Gasteiger partial charge in [0, 0.05) is 42.6 Å². The first-order chi connectivity index (χ1) is 12.2. The molecule has 3 heterocycles. The van der Waals surface area contributed by atoms with E-state index in [0.717, 1.165) is 49.7 Å². The number of amides is 2. The first-order valence-electron chi connectivity index (χ1n) is 9.07. The summed E-state index contributed by atoms with van der Waals surface area (Å²) in [7, 11) is 0. The Hall–Kier alpha value is -2.56. The zero-order valence-corrected chi connectivity index (χ0v) is 14.3. The lowest BCUT2D eigenvalue weighted by atomic mass is 10.1. The number of aromatic nitrogens is 1. The molecule has 0 bridgehead atoms. The van der Waals surface area contributed by atoms with Crippen LogP contribution in [0.15, 0.2) is 48.3 Å². The number of carbonyl (C=O) groups excluding carboxylic acids is 2. The molecule has 130 valence electrons. The van der Waals surface area contributed by atoms with Crippen LogP contribution in [0, 0.1) is 0 Å². The SMILES string of the molecule is O=C(NC[C@H]1CCCN1C(=O)C1=CCCC1)c1cc2ccccn2c1. The quantitative estimate of drug-likeness (QED) is 0.933. The van der Waals surface area contributed by atoms with Crippen LogP contribution in [0.4, 0.5) is 0 Å². The van der Waals surface area contributed by atoms with Crippen molar-refractivity contribution in [3.8, 4) is 0 Å². The fourth-order valence-corrected chi connectivity index (χ4v) is 3.86. The van der Waals surface area contributed by atoms with Crippen molar-refractivity contribution in [3.05, 3.63) is 53.9 Å². The van der Waals surface area contributed by atoms with Gasteiger partial charge in [0.2, 0.25) is 5.91 Å². The average Bonchev–Trinajstić information content (AvgIpc) is 3.39. The van der Waals surface area contributed by atoms with Gasteiger partial charge in [-0.25, -0.2) is 0 Å². The minimum atomic E-state index is -0.0805. The van der Waals surface area contributed by atoms with E-state index < -0.39 is 0 Å². The highest BCUT2D eigenvalue weighted by Crippen LogP contribution is 2.25. The molecule has 1 atom stereocenters. The maximum absolute atomic E-state index is 12.6. The Balaban J connectivity index is 1.39. The van der Waals surface area contributed by atoms with Crippen LogP contribution in [0.25, 0.3) is 5.52 Å². The van der Waals surface area contributed by atoms with E-state index in [1.165, 1.54) is 0 Å². The number of nitrogens with one attached hydrogen (secondary N) is 1. The van der Waals surface area contributed by atoms with E-state index in [0.29, 0.717) is 12.1 Å². The Morgan fingerprint density at radius 3 is 2.96 bits per heavy atom. The van der Waals surface area contributed by atoms with E-state index >= 15 is 0 Å². The summed E-state index contributed by atoms with van der Waals surface area (Å²) in [5.41, 5.74) is 2.61. The molecule has 4 rings (SSSR count). The van der Waals surface area contributed by atoms with Crippen molar-refractivity contribution in [1.82, 2.24) is 14.6 Å². The minimum absolute atomic E-state index is 0.0805. The second-order valence-electron chi connectivity index (χ2n) is 6.89. The van der Waals surface area contributed by atoms with Crippen molar-refractivity contribution in [1.29, 1.82) is 0 Å². The van der Waals surface area contributed by atoms with Crippen LogP contribution in [-0.2, 0) is 4.79 Å². The third-order valence-corrected chi connectivity index (χ3v) is 5.22. The van der Waals surface area contributed by atoms with Gasteiger partial charge in [-0.15, -0.1) is 0 Å². The second kappa shape index (κ2) is 6.75. The van der Waals surface area contributed by atoms with Gasteiger partial charge in [-0.2, -0.15) is 0 Å². The van der Waals surface area contributed by atoms with Gasteiger partial charge in [-0.1, -0.05) is 12.1 Å². The number of hydrogen-bond acceptors (Lipinski definition) is 2. The normalized spacial score (nSPS) is 20.1. The molecule has 5 heteroatoms. The van der Waals surface area contributed by atoms with Crippen LogP contribution in [0.2, 0.25) is 0 Å². The molecule has 0 unspecified atom stereocenters. The highest BCUT2D eigenvalue weighted by Gasteiger charge is 2.31. The molecule has 1 aliphatic carbocycles. The van der Waals surface area contributed by atoms with Crippen LogP contribution < -0.4 is 5.32 Å². The molecule has 0 saturated carbocycles. The molecule has 1 saturated heterocycles. The number of likely N-dealkylation sites (tertiary alicyclic amines) is 1. The van der Waals surface area contributed by atoms with Crippen molar-refractivity contribution in [2.24, 2.45) is 0 Å². The van der Waals surface area contributed by atoms with Gasteiger partial charge in [-0.3, -0.25) is 9.59 Å². The van der Waals surface area contributed by atoms with Gasteiger partial charge < -0.3 is 14.6 Å². The summed E-state index contributed by atoms with van der Waals surface area (Å²) in [6.45, 7) is 1.32. The number of allylic oxidation sites excluding steroid dienone is 1. The second-order valence-corrected chi connectivity index (χ2v) is 6.89. The van der Waals surface area contributed by atoms with Crippen LogP contribution in [0.1, 0.15) is 42.5 Å². The molecule has 5 nitrogen and oxygen atoms in total. The number of pyridine rings is 1. The minimum Gasteiger partial charge on any atom is -0.350 e. The molecule has 2 aliphatic rings. The average molecular weight is 337 g/mol. The summed E-state index contributed by atoms with van der Waals surface area (Å²) in [6, 6.07) is 7.86. The lowest BCUT2D eigenvalue weighted by Crippen LogP contribution is -2.43. The molecule has 1 N–H and O–H groups in total. The molecule has 2 aromatic heterocycles. The van der Waals surface area contributed by atoms with E-state index in [9.17, 15) is 9.59 Å². The smallest absolute Gasteiger partial charge is 0.252 e. The van der Waals surface area contributed by atoms with Crippen LogP contribution in [-0.4, -0.2) is 40.2 Å². The van der Waals surface area contributed by atoms with Gasteiger partial charge >= 0.3 is 0 Å². The number of nitrogens with zero attached hydrogens (tertiary/aromatic N) is 2. The predicted molar refractivity (Wildman–Crippen MR) is 96.4 cm³/mol. The van der Waals surface area contributed by atoms with Gasteiger partial charge in [-0.05, 0) is 50.3 Å². The van der Waals surface area contributed by atoms with Crippen molar-refractivity contribution in [3.63, 3.8) is 0 Å². The molecule has 0 aromatic carbocycles. The third kappa shape index (κ3) is 3.18. The standard InChI is InChI=1S/C20H23N3O2/c24-19(16-12-17-8-3-4-10-22(17)14-16)21-13-18-9-5-11-23(18)20(25)15-6-1-2-7-15/h3-4,6,8,10,12,14,18H,1-2,5,7,9,11,13H2,(H,21,24)/t18-/m1/s1. The van der Waals surface area contributed by atoms with Crippen LogP contribution in [0.3, 0.4) is 0 Å². The summed E-state index contributed by atoms with van der Waals surface area (Å²) < 4.78 is 1.94. The van der Waals surface area contributed by atoms with Gasteiger partial charge in [0.25, 0.3) is 5.91 Å². The Bertz CT molecular complexity index is 803. The first-order valence-corrected chi connectivity index (χ1v) is 9.07. The molecular formula is C20H23N3O2. The van der Waals surface area contributed by atoms with Crippen molar-refractivity contribution >= 4 is 17.3 Å². The van der Waals surface area contributed by atoms with Crippen LogP contribution >= 0.6 is 0 Å². The van der Waals surface area contributed by atoms with Crippen molar-refractivity contribution in [2.75, 3.05) is 13.1 Å². The zero-order chi connectivity index (χ0) is 17.2. The summed E-state index contributed by atoms with van der Waals surface area (Å²) in [5.74, 6) is 0.0898. The Morgan fingerprint density at radius 2 is 2.16 bits per heavy atom. The third-order valence-electron chi connectivity index (χ3n) is 5.22. The highest BCUT2D eigenvalue weighted by molar-refractivity contribution is 5.96. The fraction of sp³-hybridized carbons (Fsp3) is 0.400. The van der Waals surface area contributed by atoms with E-state index in [1.54, 1.807) is 0 Å². The highest BCUT2D eigenvalue weighted by atomic mass is 16.2. The first kappa shape index (κ1) is 15.9. The lowest BCUT2D eigenvalue weighted by Gasteiger charge is -2.25. The molecule has 1 aliphatic heterocycles. The molecule has 1 fully saturated rings. The molecule has 25 heavy (non-hydrogen) atoms. The number of carbonyl (C=O) groups is 2. The van der Waals surface area contributed by atoms with Gasteiger partial charge in [0.15, 0.2) is 0 Å². The molecule has 0 spiro atoms. The monoisotopic (exact) mass is 337 g/mol. The maximum atomic E-state index is 12.6. The van der Waals surface area contributed by atoms with Crippen LogP contribution in [0.5, 0.6) is 0 Å². The molecule has 2 aromatic rings. The lowest BCUT2D eigenvalue weighted by molar-refractivity contribution is -0.127. The van der Waals surface area contributed by atoms with E-state index in [1.807, 2.05) is 46.0 Å². The number of fused-ring (bicyclic) bond motifs is 1. The van der Waals surface area contributed by atoms with Gasteiger partial charge in [0.1, 0.15) is 0 Å².